The SMILES string of the molecule is CCCC(F)C(F)(F)P(=O)(O)F. The van der Waals surface area contributed by atoms with E-state index in [4.69, 9.17) is 4.89 Å². The molecule has 0 aromatic rings. The Balaban J connectivity index is 4.50. The van der Waals surface area contributed by atoms with Gasteiger partial charge in [0, 0.05) is 0 Å². The molecule has 1 N–H and O–H groups in total. The monoisotopic (exact) mass is 208 g/mol. The summed E-state index contributed by atoms with van der Waals surface area (Å²) in [6, 6.07) is 0. The average molecular weight is 208 g/mol. The summed E-state index contributed by atoms with van der Waals surface area (Å²) in [6.07, 6.45) is -3.48. The van der Waals surface area contributed by atoms with E-state index in [9.17, 15) is 21.9 Å². The molecule has 2 unspecified atom stereocenters. The van der Waals surface area contributed by atoms with Crippen LogP contribution in [0.2, 0.25) is 0 Å². The first-order chi connectivity index (χ1) is 5.23. The minimum atomic E-state index is -6.16. The quantitative estimate of drug-likeness (QED) is 0.569. The van der Waals surface area contributed by atoms with Crippen LogP contribution in [0.15, 0.2) is 0 Å². The van der Waals surface area contributed by atoms with E-state index in [2.05, 4.69) is 0 Å². The number of hydrogen-bond donors (Lipinski definition) is 1. The van der Waals surface area contributed by atoms with Crippen molar-refractivity contribution < 1.29 is 26.8 Å². The molecule has 2 atom stereocenters. The third kappa shape index (κ3) is 2.45. The Morgan fingerprint density at radius 3 is 2.25 bits per heavy atom. The summed E-state index contributed by atoms with van der Waals surface area (Å²) in [5.41, 5.74) is -4.77. The van der Waals surface area contributed by atoms with Crippen LogP contribution in [0.1, 0.15) is 19.8 Å². The summed E-state index contributed by atoms with van der Waals surface area (Å²) in [5.74, 6) is 0. The van der Waals surface area contributed by atoms with Crippen LogP contribution in [0.3, 0.4) is 0 Å². The molecule has 0 bridgehead atoms. The second kappa shape index (κ2) is 3.75. The van der Waals surface area contributed by atoms with E-state index < -0.39 is 25.9 Å². The highest BCUT2D eigenvalue weighted by atomic mass is 31.2. The maximum Gasteiger partial charge on any atom is 0.435 e. The fraction of sp³-hybridized carbons (Fsp3) is 1.00. The predicted octanol–water partition coefficient (Wildman–Crippen LogP) is 2.87. The van der Waals surface area contributed by atoms with Gasteiger partial charge in [0.2, 0.25) is 0 Å². The molecule has 0 aliphatic rings. The third-order valence-electron chi connectivity index (χ3n) is 1.29. The summed E-state index contributed by atoms with van der Waals surface area (Å²) in [6.45, 7) is 1.41. The highest BCUT2D eigenvalue weighted by Gasteiger charge is 2.57. The molecule has 0 fully saturated rings. The summed E-state index contributed by atoms with van der Waals surface area (Å²) >= 11 is 0. The average Bonchev–Trinajstić information content (AvgIpc) is 1.85. The van der Waals surface area contributed by atoms with Gasteiger partial charge in [-0.2, -0.15) is 13.0 Å². The molecule has 2 nitrogen and oxygen atoms in total. The number of halogens is 4. The van der Waals surface area contributed by atoms with Crippen molar-refractivity contribution in [2.24, 2.45) is 0 Å². The van der Waals surface area contributed by atoms with Crippen LogP contribution in [0.4, 0.5) is 17.4 Å². The summed E-state index contributed by atoms with van der Waals surface area (Å²) in [4.78, 5) is 7.84. The van der Waals surface area contributed by atoms with Crippen LogP contribution >= 0.6 is 7.68 Å². The lowest BCUT2D eigenvalue weighted by Crippen LogP contribution is -2.28. The second-order valence-electron chi connectivity index (χ2n) is 2.35. The topological polar surface area (TPSA) is 37.3 Å². The summed E-state index contributed by atoms with van der Waals surface area (Å²) < 4.78 is 58.6. The van der Waals surface area contributed by atoms with Gasteiger partial charge < -0.3 is 4.89 Å². The smallest absolute Gasteiger partial charge is 0.317 e. The third-order valence-corrected chi connectivity index (χ3v) is 2.30. The molecule has 0 rings (SSSR count). The van der Waals surface area contributed by atoms with E-state index >= 15 is 0 Å². The zero-order chi connectivity index (χ0) is 9.99. The van der Waals surface area contributed by atoms with Gasteiger partial charge in [0.05, 0.1) is 0 Å². The molecule has 0 aliphatic heterocycles. The van der Waals surface area contributed by atoms with Crippen LogP contribution in [0.25, 0.3) is 0 Å². The molecule has 0 heterocycles. The molecule has 12 heavy (non-hydrogen) atoms. The van der Waals surface area contributed by atoms with Crippen molar-refractivity contribution in [3.05, 3.63) is 0 Å². The Hall–Kier alpha value is -0.0900. The standard InChI is InChI=1S/C5H9F4O2P/c1-2-3-4(6)5(7,8)12(9,10)11/h4H,2-3H2,1H3,(H,10,11). The van der Waals surface area contributed by atoms with Crippen molar-refractivity contribution in [2.75, 3.05) is 0 Å². The van der Waals surface area contributed by atoms with Crippen LogP contribution in [-0.2, 0) is 4.57 Å². The maximum atomic E-state index is 12.4. The van der Waals surface area contributed by atoms with Gasteiger partial charge in [-0.25, -0.2) is 8.96 Å². The molecule has 7 heteroatoms. The second-order valence-corrected chi connectivity index (χ2v) is 3.95. The summed E-state index contributed by atoms with van der Waals surface area (Å²) in [5, 5.41) is 0. The maximum absolute atomic E-state index is 12.4. The lowest BCUT2D eigenvalue weighted by Gasteiger charge is -2.19. The molecular weight excluding hydrogens is 199 g/mol. The van der Waals surface area contributed by atoms with E-state index in [1.54, 1.807) is 0 Å². The molecule has 0 aromatic heterocycles. The predicted molar refractivity (Wildman–Crippen MR) is 35.7 cm³/mol. The Bertz CT molecular complexity index is 190. The van der Waals surface area contributed by atoms with E-state index in [0.717, 1.165) is 0 Å². The highest BCUT2D eigenvalue weighted by Crippen LogP contribution is 2.60. The highest BCUT2D eigenvalue weighted by molar-refractivity contribution is 7.53. The van der Waals surface area contributed by atoms with Crippen LogP contribution in [0, 0.1) is 0 Å². The molecule has 0 saturated heterocycles. The minimum Gasteiger partial charge on any atom is -0.317 e. The van der Waals surface area contributed by atoms with Crippen LogP contribution < -0.4 is 0 Å². The number of hydrogen-bond acceptors (Lipinski definition) is 1. The Kier molecular flexibility index (Phi) is 3.72. The number of rotatable bonds is 4. The van der Waals surface area contributed by atoms with Gasteiger partial charge in [-0.15, -0.1) is 0 Å². The van der Waals surface area contributed by atoms with Gasteiger partial charge in [-0.1, -0.05) is 13.3 Å². The van der Waals surface area contributed by atoms with Gasteiger partial charge in [-0.05, 0) is 6.42 Å². The van der Waals surface area contributed by atoms with Crippen LogP contribution in [-0.4, -0.2) is 16.7 Å². The van der Waals surface area contributed by atoms with Gasteiger partial charge in [0.25, 0.3) is 0 Å². The van der Waals surface area contributed by atoms with Crippen molar-refractivity contribution in [1.82, 2.24) is 0 Å². The summed E-state index contributed by atoms with van der Waals surface area (Å²) in [7, 11) is -6.16. The van der Waals surface area contributed by atoms with E-state index in [-0.39, 0.29) is 6.42 Å². The van der Waals surface area contributed by atoms with Crippen molar-refractivity contribution in [3.63, 3.8) is 0 Å². The molecule has 74 valence electrons. The molecule has 0 aromatic carbocycles. The fourth-order valence-corrected chi connectivity index (χ4v) is 1.07. The van der Waals surface area contributed by atoms with E-state index in [1.165, 1.54) is 6.92 Å². The molecule has 0 amide bonds. The fourth-order valence-electron chi connectivity index (χ4n) is 0.600. The van der Waals surface area contributed by atoms with Gasteiger partial charge in [-0.3, -0.25) is 0 Å². The molecular formula is C5H9F4O2P. The first kappa shape index (κ1) is 11.9. The first-order valence-electron chi connectivity index (χ1n) is 3.28. The van der Waals surface area contributed by atoms with Crippen LogP contribution in [0.5, 0.6) is 0 Å². The number of alkyl halides is 3. The zero-order valence-corrected chi connectivity index (χ0v) is 7.20. The van der Waals surface area contributed by atoms with Gasteiger partial charge >= 0.3 is 13.3 Å². The van der Waals surface area contributed by atoms with E-state index in [0.29, 0.717) is 0 Å². The van der Waals surface area contributed by atoms with Gasteiger partial charge in [0.1, 0.15) is 0 Å². The van der Waals surface area contributed by atoms with Crippen molar-refractivity contribution in [2.45, 2.75) is 31.6 Å². The zero-order valence-electron chi connectivity index (χ0n) is 6.31. The largest absolute Gasteiger partial charge is 0.435 e. The van der Waals surface area contributed by atoms with Crippen molar-refractivity contribution in [3.8, 4) is 0 Å². The lowest BCUT2D eigenvalue weighted by molar-refractivity contribution is -0.0162. The van der Waals surface area contributed by atoms with Crippen molar-refractivity contribution >= 4 is 7.68 Å². The Labute approximate surface area is 67.2 Å². The molecule has 0 aliphatic carbocycles. The molecule has 0 radical (unpaired) electrons. The van der Waals surface area contributed by atoms with Crippen molar-refractivity contribution in [1.29, 1.82) is 0 Å². The first-order valence-corrected chi connectivity index (χ1v) is 4.83. The lowest BCUT2D eigenvalue weighted by atomic mass is 10.2. The minimum absolute atomic E-state index is 0.0523. The van der Waals surface area contributed by atoms with E-state index in [1.807, 2.05) is 0 Å². The normalized spacial score (nSPS) is 20.2. The van der Waals surface area contributed by atoms with Gasteiger partial charge in [0.15, 0.2) is 6.17 Å². The Morgan fingerprint density at radius 2 is 2.00 bits per heavy atom. The Morgan fingerprint density at radius 1 is 1.58 bits per heavy atom. The molecule has 0 spiro atoms. The molecule has 0 saturated carbocycles.